The standard InChI is InChI=1S/C10H14F3N3OS/c1-3-17-9-7(2)8(15-6-16-9)14-4-5-18-10(11,12)13/h6H,3-5H2,1-2H3,(H,14,15,16). The molecule has 0 aliphatic rings. The Balaban J connectivity index is 2.50. The van der Waals surface area contributed by atoms with Crippen molar-refractivity contribution in [1.82, 2.24) is 9.97 Å². The minimum atomic E-state index is -4.20. The first-order valence-corrected chi connectivity index (χ1v) is 6.31. The van der Waals surface area contributed by atoms with Crippen molar-refractivity contribution in [2.75, 3.05) is 24.2 Å². The summed E-state index contributed by atoms with van der Waals surface area (Å²) in [6.07, 6.45) is 1.32. The Morgan fingerprint density at radius 2 is 2.11 bits per heavy atom. The zero-order valence-electron chi connectivity index (χ0n) is 10.0. The molecular weight excluding hydrogens is 267 g/mol. The SMILES string of the molecule is CCOc1ncnc(NCCSC(F)(F)F)c1C. The molecular formula is C10H14F3N3OS. The van der Waals surface area contributed by atoms with Crippen LogP contribution >= 0.6 is 11.8 Å². The minimum Gasteiger partial charge on any atom is -0.478 e. The van der Waals surface area contributed by atoms with E-state index in [2.05, 4.69) is 15.3 Å². The number of thioether (sulfide) groups is 1. The maximum absolute atomic E-state index is 11.9. The zero-order valence-corrected chi connectivity index (χ0v) is 10.9. The molecule has 0 saturated carbocycles. The Morgan fingerprint density at radius 3 is 2.72 bits per heavy atom. The third kappa shape index (κ3) is 4.99. The normalized spacial score (nSPS) is 11.4. The first kappa shape index (κ1) is 14.9. The van der Waals surface area contributed by atoms with E-state index in [0.29, 0.717) is 23.9 Å². The van der Waals surface area contributed by atoms with Crippen LogP contribution < -0.4 is 10.1 Å². The molecule has 0 saturated heterocycles. The van der Waals surface area contributed by atoms with E-state index in [1.54, 1.807) is 6.92 Å². The lowest BCUT2D eigenvalue weighted by atomic mass is 10.3. The van der Waals surface area contributed by atoms with Gasteiger partial charge < -0.3 is 10.1 Å². The highest BCUT2D eigenvalue weighted by molar-refractivity contribution is 8.00. The van der Waals surface area contributed by atoms with Crippen LogP contribution in [0.4, 0.5) is 19.0 Å². The molecule has 0 aromatic carbocycles. The van der Waals surface area contributed by atoms with Crippen LogP contribution in [0, 0.1) is 6.92 Å². The van der Waals surface area contributed by atoms with Crippen molar-refractivity contribution in [3.63, 3.8) is 0 Å². The molecule has 0 unspecified atom stereocenters. The number of rotatable bonds is 6. The number of alkyl halides is 3. The van der Waals surface area contributed by atoms with Crippen LogP contribution in [0.3, 0.4) is 0 Å². The van der Waals surface area contributed by atoms with Gasteiger partial charge in [0.25, 0.3) is 0 Å². The molecule has 1 N–H and O–H groups in total. The number of hydrogen-bond donors (Lipinski definition) is 1. The fraction of sp³-hybridized carbons (Fsp3) is 0.600. The summed E-state index contributed by atoms with van der Waals surface area (Å²) in [6, 6.07) is 0. The van der Waals surface area contributed by atoms with E-state index < -0.39 is 5.51 Å². The molecule has 0 radical (unpaired) electrons. The monoisotopic (exact) mass is 281 g/mol. The summed E-state index contributed by atoms with van der Waals surface area (Å²) in [5.74, 6) is 0.867. The molecule has 18 heavy (non-hydrogen) atoms. The molecule has 0 aliphatic heterocycles. The average molecular weight is 281 g/mol. The number of aromatic nitrogens is 2. The number of nitrogens with zero attached hydrogens (tertiary/aromatic N) is 2. The van der Waals surface area contributed by atoms with Gasteiger partial charge in [-0.05, 0) is 25.6 Å². The summed E-state index contributed by atoms with van der Waals surface area (Å²) in [7, 11) is 0. The highest BCUT2D eigenvalue weighted by atomic mass is 32.2. The summed E-state index contributed by atoms with van der Waals surface area (Å²) in [4.78, 5) is 7.90. The highest BCUT2D eigenvalue weighted by Gasteiger charge is 2.27. The van der Waals surface area contributed by atoms with Crippen molar-refractivity contribution in [2.45, 2.75) is 19.4 Å². The van der Waals surface area contributed by atoms with E-state index in [-0.39, 0.29) is 24.1 Å². The topological polar surface area (TPSA) is 47.0 Å². The Hall–Kier alpha value is -1.18. The lowest BCUT2D eigenvalue weighted by Crippen LogP contribution is -2.12. The van der Waals surface area contributed by atoms with Crippen LogP contribution in [-0.2, 0) is 0 Å². The third-order valence-corrected chi connectivity index (χ3v) is 2.71. The Kier molecular flexibility index (Phi) is 5.52. The average Bonchev–Trinajstić information content (AvgIpc) is 2.28. The summed E-state index contributed by atoms with van der Waals surface area (Å²) >= 11 is -0.0640. The molecule has 0 bridgehead atoms. The van der Waals surface area contributed by atoms with E-state index in [1.807, 2.05) is 6.92 Å². The molecule has 1 rings (SSSR count). The smallest absolute Gasteiger partial charge is 0.441 e. The first-order valence-electron chi connectivity index (χ1n) is 5.33. The van der Waals surface area contributed by atoms with E-state index in [9.17, 15) is 13.2 Å². The van der Waals surface area contributed by atoms with E-state index >= 15 is 0 Å². The summed E-state index contributed by atoms with van der Waals surface area (Å²) < 4.78 is 41.0. The van der Waals surface area contributed by atoms with Crippen LogP contribution in [0.15, 0.2) is 6.33 Å². The van der Waals surface area contributed by atoms with Crippen LogP contribution in [0.5, 0.6) is 5.88 Å². The van der Waals surface area contributed by atoms with Crippen LogP contribution in [0.2, 0.25) is 0 Å². The predicted octanol–water partition coefficient (Wildman–Crippen LogP) is 2.85. The van der Waals surface area contributed by atoms with Gasteiger partial charge in [-0.3, -0.25) is 0 Å². The van der Waals surface area contributed by atoms with Crippen molar-refractivity contribution < 1.29 is 17.9 Å². The summed E-state index contributed by atoms with van der Waals surface area (Å²) in [5, 5.41) is 2.83. The van der Waals surface area contributed by atoms with Gasteiger partial charge in [-0.1, -0.05) is 0 Å². The maximum Gasteiger partial charge on any atom is 0.441 e. The molecule has 4 nitrogen and oxygen atoms in total. The van der Waals surface area contributed by atoms with Gasteiger partial charge in [0.2, 0.25) is 5.88 Å². The summed E-state index contributed by atoms with van der Waals surface area (Å²) in [5.41, 5.74) is -3.50. The Labute approximate surface area is 107 Å². The maximum atomic E-state index is 11.9. The molecule has 0 amide bonds. The molecule has 0 fully saturated rings. The molecule has 0 spiro atoms. The second-order valence-electron chi connectivity index (χ2n) is 3.31. The number of hydrogen-bond acceptors (Lipinski definition) is 5. The van der Waals surface area contributed by atoms with E-state index in [1.165, 1.54) is 6.33 Å². The fourth-order valence-corrected chi connectivity index (χ4v) is 1.67. The number of nitrogens with one attached hydrogen (secondary N) is 1. The second kappa shape index (κ2) is 6.67. The zero-order chi connectivity index (χ0) is 13.6. The van der Waals surface area contributed by atoms with Gasteiger partial charge in [0, 0.05) is 12.3 Å². The molecule has 0 aliphatic carbocycles. The van der Waals surface area contributed by atoms with Crippen LogP contribution in [-0.4, -0.2) is 34.4 Å². The van der Waals surface area contributed by atoms with Crippen LogP contribution in [0.25, 0.3) is 0 Å². The van der Waals surface area contributed by atoms with Crippen molar-refractivity contribution in [1.29, 1.82) is 0 Å². The lowest BCUT2D eigenvalue weighted by molar-refractivity contribution is -0.0327. The number of ether oxygens (including phenoxy) is 1. The van der Waals surface area contributed by atoms with Crippen molar-refractivity contribution in [2.24, 2.45) is 0 Å². The number of halogens is 3. The molecule has 102 valence electrons. The van der Waals surface area contributed by atoms with Gasteiger partial charge in [0.05, 0.1) is 12.2 Å². The molecule has 1 heterocycles. The molecule has 8 heteroatoms. The predicted molar refractivity (Wildman–Crippen MR) is 64.9 cm³/mol. The third-order valence-electron chi connectivity index (χ3n) is 1.98. The fourth-order valence-electron chi connectivity index (χ4n) is 1.23. The van der Waals surface area contributed by atoms with Gasteiger partial charge in [-0.15, -0.1) is 0 Å². The van der Waals surface area contributed by atoms with Crippen LogP contribution in [0.1, 0.15) is 12.5 Å². The van der Waals surface area contributed by atoms with Crippen molar-refractivity contribution in [3.8, 4) is 5.88 Å². The molecule has 0 atom stereocenters. The van der Waals surface area contributed by atoms with Crippen molar-refractivity contribution in [3.05, 3.63) is 11.9 Å². The Morgan fingerprint density at radius 1 is 1.39 bits per heavy atom. The minimum absolute atomic E-state index is 0.0640. The van der Waals surface area contributed by atoms with E-state index in [0.717, 1.165) is 0 Å². The van der Waals surface area contributed by atoms with Gasteiger partial charge in [-0.2, -0.15) is 13.2 Å². The van der Waals surface area contributed by atoms with Gasteiger partial charge in [0.1, 0.15) is 12.1 Å². The molecule has 1 aromatic heterocycles. The lowest BCUT2D eigenvalue weighted by Gasteiger charge is -2.11. The van der Waals surface area contributed by atoms with Gasteiger partial charge in [0.15, 0.2) is 0 Å². The highest BCUT2D eigenvalue weighted by Crippen LogP contribution is 2.29. The largest absolute Gasteiger partial charge is 0.478 e. The second-order valence-corrected chi connectivity index (χ2v) is 4.47. The number of anilines is 1. The quantitative estimate of drug-likeness (QED) is 0.812. The van der Waals surface area contributed by atoms with Gasteiger partial charge >= 0.3 is 5.51 Å². The Bertz CT molecular complexity index is 387. The van der Waals surface area contributed by atoms with E-state index in [4.69, 9.17) is 4.74 Å². The van der Waals surface area contributed by atoms with Crippen molar-refractivity contribution >= 4 is 17.6 Å². The van der Waals surface area contributed by atoms with Gasteiger partial charge in [-0.25, -0.2) is 9.97 Å². The molecule has 1 aromatic rings. The first-order chi connectivity index (χ1) is 8.44. The summed E-state index contributed by atoms with van der Waals surface area (Å²) in [6.45, 7) is 4.23.